The van der Waals surface area contributed by atoms with Crippen molar-refractivity contribution in [1.82, 2.24) is 19.4 Å². The van der Waals surface area contributed by atoms with Gasteiger partial charge in [0.05, 0.1) is 6.33 Å². The van der Waals surface area contributed by atoms with Gasteiger partial charge in [0.1, 0.15) is 5.65 Å². The van der Waals surface area contributed by atoms with Crippen LogP contribution < -0.4 is 5.56 Å². The number of aryl methyl sites for hydroxylation is 1. The molecular formula is C10H8N4O. The summed E-state index contributed by atoms with van der Waals surface area (Å²) in [6.07, 6.45) is 3.24. The van der Waals surface area contributed by atoms with E-state index in [2.05, 4.69) is 15.0 Å². The summed E-state index contributed by atoms with van der Waals surface area (Å²) in [5, 5.41) is 0. The number of hydrogen-bond acceptors (Lipinski definition) is 3. The molecule has 0 aliphatic heterocycles. The first-order chi connectivity index (χ1) is 7.27. The normalized spacial score (nSPS) is 11.3. The van der Waals surface area contributed by atoms with Crippen LogP contribution in [0.3, 0.4) is 0 Å². The molecule has 3 rings (SSSR count). The van der Waals surface area contributed by atoms with Crippen molar-refractivity contribution in [2.24, 2.45) is 0 Å². The topological polar surface area (TPSA) is 63.1 Å². The molecule has 74 valence electrons. The minimum atomic E-state index is -0.205. The SMILES string of the molecule is Cc1cccn2c1nc1c(=O)[nH]cnc12. The fourth-order valence-corrected chi connectivity index (χ4v) is 1.69. The molecule has 15 heavy (non-hydrogen) atoms. The number of hydrogen-bond donors (Lipinski definition) is 1. The Kier molecular flexibility index (Phi) is 1.45. The maximum atomic E-state index is 11.5. The predicted octanol–water partition coefficient (Wildman–Crippen LogP) is 0.879. The molecule has 0 spiro atoms. The van der Waals surface area contributed by atoms with Gasteiger partial charge in [-0.3, -0.25) is 9.20 Å². The van der Waals surface area contributed by atoms with Crippen LogP contribution in [-0.2, 0) is 0 Å². The lowest BCUT2D eigenvalue weighted by molar-refractivity contribution is 1.12. The summed E-state index contributed by atoms with van der Waals surface area (Å²) in [6, 6.07) is 3.86. The zero-order chi connectivity index (χ0) is 10.4. The average molecular weight is 200 g/mol. The van der Waals surface area contributed by atoms with E-state index in [9.17, 15) is 4.79 Å². The summed E-state index contributed by atoms with van der Waals surface area (Å²) >= 11 is 0. The van der Waals surface area contributed by atoms with Crippen LogP contribution in [0.15, 0.2) is 29.5 Å². The number of fused-ring (bicyclic) bond motifs is 3. The van der Waals surface area contributed by atoms with Gasteiger partial charge in [0.2, 0.25) is 0 Å². The van der Waals surface area contributed by atoms with Gasteiger partial charge >= 0.3 is 0 Å². The van der Waals surface area contributed by atoms with Crippen LogP contribution in [0.4, 0.5) is 0 Å². The summed E-state index contributed by atoms with van der Waals surface area (Å²) in [5.74, 6) is 0. The first kappa shape index (κ1) is 8.16. The Balaban J connectivity index is 2.69. The molecule has 0 atom stereocenters. The first-order valence-corrected chi connectivity index (χ1v) is 4.58. The average Bonchev–Trinajstić information content (AvgIpc) is 2.60. The zero-order valence-corrected chi connectivity index (χ0v) is 8.06. The van der Waals surface area contributed by atoms with Crippen LogP contribution in [0.1, 0.15) is 5.56 Å². The van der Waals surface area contributed by atoms with E-state index >= 15 is 0 Å². The molecule has 0 amide bonds. The summed E-state index contributed by atoms with van der Waals surface area (Å²) in [5.41, 5.74) is 2.57. The molecule has 0 unspecified atom stereocenters. The van der Waals surface area contributed by atoms with Crippen LogP contribution in [0.5, 0.6) is 0 Å². The monoisotopic (exact) mass is 200 g/mol. The van der Waals surface area contributed by atoms with E-state index < -0.39 is 0 Å². The highest BCUT2D eigenvalue weighted by molar-refractivity contribution is 5.76. The summed E-state index contributed by atoms with van der Waals surface area (Å²) < 4.78 is 1.82. The number of pyridine rings is 1. The maximum absolute atomic E-state index is 11.5. The van der Waals surface area contributed by atoms with E-state index in [0.29, 0.717) is 11.2 Å². The minimum Gasteiger partial charge on any atom is -0.311 e. The number of nitrogens with zero attached hydrogens (tertiary/aromatic N) is 3. The van der Waals surface area contributed by atoms with Crippen molar-refractivity contribution in [2.75, 3.05) is 0 Å². The molecule has 0 radical (unpaired) electrons. The van der Waals surface area contributed by atoms with Crippen LogP contribution in [0.2, 0.25) is 0 Å². The third-order valence-corrected chi connectivity index (χ3v) is 2.42. The van der Waals surface area contributed by atoms with E-state index in [1.165, 1.54) is 6.33 Å². The molecule has 3 aromatic rings. The van der Waals surface area contributed by atoms with Gasteiger partial charge in [-0.2, -0.15) is 0 Å². The van der Waals surface area contributed by atoms with E-state index in [1.54, 1.807) is 0 Å². The standard InChI is InChI=1S/C10H8N4O/c1-6-3-2-4-14-8(6)13-7-9(14)11-5-12-10(7)15/h2-5H,1H3,(H,11,12,15). The lowest BCUT2D eigenvalue weighted by Gasteiger charge is -1.95. The molecule has 5 nitrogen and oxygen atoms in total. The smallest absolute Gasteiger partial charge is 0.278 e. The second kappa shape index (κ2) is 2.66. The molecule has 0 saturated heterocycles. The molecule has 0 aromatic carbocycles. The van der Waals surface area contributed by atoms with Crippen LogP contribution in [-0.4, -0.2) is 19.4 Å². The Morgan fingerprint density at radius 2 is 2.27 bits per heavy atom. The molecule has 0 saturated carbocycles. The third-order valence-electron chi connectivity index (χ3n) is 2.42. The Morgan fingerprint density at radius 3 is 3.13 bits per heavy atom. The van der Waals surface area contributed by atoms with Gasteiger partial charge < -0.3 is 4.98 Å². The van der Waals surface area contributed by atoms with E-state index in [1.807, 2.05) is 29.7 Å². The molecule has 0 aliphatic rings. The van der Waals surface area contributed by atoms with Crippen molar-refractivity contribution in [2.45, 2.75) is 6.92 Å². The van der Waals surface area contributed by atoms with Gasteiger partial charge in [0.25, 0.3) is 5.56 Å². The van der Waals surface area contributed by atoms with Crippen molar-refractivity contribution in [1.29, 1.82) is 0 Å². The van der Waals surface area contributed by atoms with Crippen molar-refractivity contribution in [3.8, 4) is 0 Å². The van der Waals surface area contributed by atoms with E-state index in [0.717, 1.165) is 11.2 Å². The number of rotatable bonds is 0. The van der Waals surface area contributed by atoms with Gasteiger partial charge in [0.15, 0.2) is 11.2 Å². The molecule has 3 heterocycles. The fourth-order valence-electron chi connectivity index (χ4n) is 1.69. The number of imidazole rings is 1. The number of nitrogens with one attached hydrogen (secondary N) is 1. The second-order valence-corrected chi connectivity index (χ2v) is 3.40. The zero-order valence-electron chi connectivity index (χ0n) is 8.06. The number of H-pyrrole nitrogens is 1. The molecule has 3 aromatic heterocycles. The van der Waals surface area contributed by atoms with Crippen LogP contribution in [0, 0.1) is 6.92 Å². The molecule has 5 heteroatoms. The second-order valence-electron chi connectivity index (χ2n) is 3.40. The first-order valence-electron chi connectivity index (χ1n) is 4.58. The Hall–Kier alpha value is -2.17. The van der Waals surface area contributed by atoms with E-state index in [4.69, 9.17) is 0 Å². The quantitative estimate of drug-likeness (QED) is 0.586. The molecule has 0 aliphatic carbocycles. The van der Waals surface area contributed by atoms with Crippen molar-refractivity contribution in [3.63, 3.8) is 0 Å². The largest absolute Gasteiger partial charge is 0.311 e. The maximum Gasteiger partial charge on any atom is 0.278 e. The molecule has 0 fully saturated rings. The van der Waals surface area contributed by atoms with Gasteiger partial charge in [-0.1, -0.05) is 6.07 Å². The molecule has 0 bridgehead atoms. The number of aromatic amines is 1. The highest BCUT2D eigenvalue weighted by atomic mass is 16.1. The van der Waals surface area contributed by atoms with Crippen LogP contribution >= 0.6 is 0 Å². The fraction of sp³-hybridized carbons (Fsp3) is 0.100. The molecular weight excluding hydrogens is 192 g/mol. The highest BCUT2D eigenvalue weighted by Gasteiger charge is 2.09. The lowest BCUT2D eigenvalue weighted by Crippen LogP contribution is -2.06. The number of aromatic nitrogens is 4. The highest BCUT2D eigenvalue weighted by Crippen LogP contribution is 2.13. The summed E-state index contributed by atoms with van der Waals surface area (Å²) in [4.78, 5) is 22.4. The van der Waals surface area contributed by atoms with Crippen LogP contribution in [0.25, 0.3) is 16.8 Å². The molecule has 1 N–H and O–H groups in total. The third kappa shape index (κ3) is 0.999. The van der Waals surface area contributed by atoms with Gasteiger partial charge in [-0.25, -0.2) is 9.97 Å². The Bertz CT molecular complexity index is 710. The summed E-state index contributed by atoms with van der Waals surface area (Å²) in [6.45, 7) is 1.95. The van der Waals surface area contributed by atoms with E-state index in [-0.39, 0.29) is 5.56 Å². The predicted molar refractivity (Wildman–Crippen MR) is 55.9 cm³/mol. The van der Waals surface area contributed by atoms with Crippen molar-refractivity contribution >= 4 is 16.8 Å². The van der Waals surface area contributed by atoms with Gasteiger partial charge in [-0.15, -0.1) is 0 Å². The Morgan fingerprint density at radius 1 is 1.40 bits per heavy atom. The lowest BCUT2D eigenvalue weighted by atomic mass is 10.3. The van der Waals surface area contributed by atoms with Crippen molar-refractivity contribution < 1.29 is 0 Å². The van der Waals surface area contributed by atoms with Crippen molar-refractivity contribution in [3.05, 3.63) is 40.6 Å². The minimum absolute atomic E-state index is 0.205. The van der Waals surface area contributed by atoms with Gasteiger partial charge in [0, 0.05) is 6.20 Å². The Labute approximate surface area is 84.4 Å². The summed E-state index contributed by atoms with van der Waals surface area (Å²) in [7, 11) is 0. The van der Waals surface area contributed by atoms with Gasteiger partial charge in [-0.05, 0) is 18.6 Å².